The molecule has 1 aromatic heterocycles. The first-order valence-corrected chi connectivity index (χ1v) is 4.92. The maximum atomic E-state index is 13.2. The lowest BCUT2D eigenvalue weighted by atomic mass is 10.1. The van der Waals surface area contributed by atoms with Crippen molar-refractivity contribution in [3.05, 3.63) is 28.2 Å². The van der Waals surface area contributed by atoms with Crippen LogP contribution in [0.4, 0.5) is 4.39 Å². The zero-order chi connectivity index (χ0) is 10.3. The lowest BCUT2D eigenvalue weighted by Gasteiger charge is -2.00. The van der Waals surface area contributed by atoms with Crippen LogP contribution >= 0.6 is 15.9 Å². The van der Waals surface area contributed by atoms with Crippen LogP contribution in [-0.4, -0.2) is 16.1 Å². The number of nitrogens with zero attached hydrogens (tertiary/aromatic N) is 1. The van der Waals surface area contributed by atoms with Crippen LogP contribution in [0.5, 0.6) is 0 Å². The molecular weight excluding hydrogens is 253 g/mol. The monoisotopic (exact) mass is 259 g/mol. The van der Waals surface area contributed by atoms with Crippen LogP contribution in [0.25, 0.3) is 0 Å². The van der Waals surface area contributed by atoms with Crippen LogP contribution in [0.3, 0.4) is 0 Å². The molecule has 0 aromatic carbocycles. The second kappa shape index (κ2) is 3.31. The predicted octanol–water partition coefficient (Wildman–Crippen LogP) is 2.17. The van der Waals surface area contributed by atoms with E-state index in [9.17, 15) is 9.18 Å². The van der Waals surface area contributed by atoms with Gasteiger partial charge in [0.25, 0.3) is 0 Å². The molecule has 1 aliphatic rings. The minimum absolute atomic E-state index is 0.211. The van der Waals surface area contributed by atoms with Gasteiger partial charge in [0, 0.05) is 22.2 Å². The highest BCUT2D eigenvalue weighted by Crippen LogP contribution is 2.48. The van der Waals surface area contributed by atoms with E-state index in [0.717, 1.165) is 0 Å². The highest BCUT2D eigenvalue weighted by atomic mass is 79.9. The smallest absolute Gasteiger partial charge is 0.307 e. The van der Waals surface area contributed by atoms with Crippen LogP contribution in [0.1, 0.15) is 17.9 Å². The number of halogens is 2. The van der Waals surface area contributed by atoms with Crippen molar-refractivity contribution >= 4 is 21.9 Å². The van der Waals surface area contributed by atoms with Crippen molar-refractivity contribution in [3.8, 4) is 0 Å². The molecule has 1 fully saturated rings. The first-order valence-electron chi connectivity index (χ1n) is 4.13. The fraction of sp³-hybridized carbons (Fsp3) is 0.333. The highest BCUT2D eigenvalue weighted by Gasteiger charge is 2.45. The normalized spacial score (nSPS) is 24.7. The van der Waals surface area contributed by atoms with Crippen molar-refractivity contribution in [1.82, 2.24) is 4.98 Å². The Balaban J connectivity index is 2.26. The van der Waals surface area contributed by atoms with Gasteiger partial charge < -0.3 is 5.11 Å². The fourth-order valence-corrected chi connectivity index (χ4v) is 1.86. The molecule has 1 aliphatic carbocycles. The molecule has 14 heavy (non-hydrogen) atoms. The van der Waals surface area contributed by atoms with Crippen LogP contribution in [-0.2, 0) is 4.79 Å². The first kappa shape index (κ1) is 9.58. The van der Waals surface area contributed by atoms with Crippen LogP contribution < -0.4 is 0 Å². The largest absolute Gasteiger partial charge is 0.481 e. The molecule has 0 bridgehead atoms. The summed E-state index contributed by atoms with van der Waals surface area (Å²) in [7, 11) is 0. The van der Waals surface area contributed by atoms with Gasteiger partial charge in [0.15, 0.2) is 0 Å². The molecule has 2 rings (SSSR count). The Morgan fingerprint density at radius 3 is 3.00 bits per heavy atom. The molecule has 74 valence electrons. The fourth-order valence-electron chi connectivity index (χ4n) is 1.51. The van der Waals surface area contributed by atoms with Gasteiger partial charge >= 0.3 is 5.97 Å². The Morgan fingerprint density at radius 1 is 1.71 bits per heavy atom. The molecule has 0 amide bonds. The Kier molecular flexibility index (Phi) is 2.26. The van der Waals surface area contributed by atoms with Gasteiger partial charge in [-0.25, -0.2) is 4.98 Å². The zero-order valence-electron chi connectivity index (χ0n) is 7.08. The number of carboxylic acids is 1. The van der Waals surface area contributed by atoms with E-state index in [1.807, 2.05) is 0 Å². The maximum absolute atomic E-state index is 13.2. The van der Waals surface area contributed by atoms with Gasteiger partial charge in [-0.3, -0.25) is 4.79 Å². The van der Waals surface area contributed by atoms with Crippen molar-refractivity contribution in [1.29, 1.82) is 0 Å². The van der Waals surface area contributed by atoms with Gasteiger partial charge in [-0.2, -0.15) is 4.39 Å². The quantitative estimate of drug-likeness (QED) is 0.829. The second-order valence-electron chi connectivity index (χ2n) is 3.32. The van der Waals surface area contributed by atoms with Crippen molar-refractivity contribution in [2.45, 2.75) is 12.3 Å². The summed E-state index contributed by atoms with van der Waals surface area (Å²) in [4.78, 5) is 14.1. The van der Waals surface area contributed by atoms with Crippen LogP contribution in [0.2, 0.25) is 0 Å². The number of rotatable bonds is 2. The van der Waals surface area contributed by atoms with E-state index in [1.165, 1.54) is 6.20 Å². The number of aromatic nitrogens is 1. The third-order valence-corrected chi connectivity index (χ3v) is 2.77. The Morgan fingerprint density at radius 2 is 2.43 bits per heavy atom. The molecule has 5 heteroatoms. The van der Waals surface area contributed by atoms with E-state index in [-0.39, 0.29) is 5.92 Å². The average molecular weight is 260 g/mol. The van der Waals surface area contributed by atoms with Gasteiger partial charge in [-0.05, 0) is 28.4 Å². The first-order chi connectivity index (χ1) is 6.59. The summed E-state index contributed by atoms with van der Waals surface area (Å²) < 4.78 is 13.8. The summed E-state index contributed by atoms with van der Waals surface area (Å²) in [5, 5.41) is 8.69. The van der Waals surface area contributed by atoms with Crippen LogP contribution in [0, 0.1) is 11.9 Å². The van der Waals surface area contributed by atoms with Gasteiger partial charge in [-0.1, -0.05) is 0 Å². The van der Waals surface area contributed by atoms with E-state index >= 15 is 0 Å². The lowest BCUT2D eigenvalue weighted by Crippen LogP contribution is -2.00. The number of aliphatic carboxylic acids is 1. The zero-order valence-corrected chi connectivity index (χ0v) is 8.66. The van der Waals surface area contributed by atoms with E-state index in [2.05, 4.69) is 20.9 Å². The molecule has 0 unspecified atom stereocenters. The second-order valence-corrected chi connectivity index (χ2v) is 4.24. The average Bonchev–Trinajstić information content (AvgIpc) is 2.88. The standard InChI is InChI=1S/C9H7BrFNO2/c10-4-1-6(8(11)12-3-4)5-2-7(5)9(13)14/h1,3,5,7H,2H2,(H,13,14)/t5-,7+/m0/s1. The Labute approximate surface area is 88.1 Å². The lowest BCUT2D eigenvalue weighted by molar-refractivity contribution is -0.138. The molecule has 0 radical (unpaired) electrons. The summed E-state index contributed by atoms with van der Waals surface area (Å²) in [6, 6.07) is 1.59. The summed E-state index contributed by atoms with van der Waals surface area (Å²) >= 11 is 3.17. The third kappa shape index (κ3) is 1.64. The number of carbonyl (C=O) groups is 1. The molecule has 1 N–H and O–H groups in total. The van der Waals surface area contributed by atoms with E-state index in [0.29, 0.717) is 16.5 Å². The predicted molar refractivity (Wildman–Crippen MR) is 50.4 cm³/mol. The molecule has 1 aromatic rings. The molecule has 0 spiro atoms. The van der Waals surface area contributed by atoms with E-state index in [1.54, 1.807) is 6.07 Å². The molecule has 3 nitrogen and oxygen atoms in total. The third-order valence-electron chi connectivity index (χ3n) is 2.34. The Bertz CT molecular complexity index is 396. The molecule has 0 aliphatic heterocycles. The van der Waals surface area contributed by atoms with Gasteiger partial charge in [0.05, 0.1) is 5.92 Å². The molecule has 1 saturated carbocycles. The highest BCUT2D eigenvalue weighted by molar-refractivity contribution is 9.10. The summed E-state index contributed by atoms with van der Waals surface area (Å²) in [6.45, 7) is 0. The number of pyridine rings is 1. The van der Waals surface area contributed by atoms with Crippen LogP contribution in [0.15, 0.2) is 16.7 Å². The molecule has 1 heterocycles. The Hall–Kier alpha value is -0.970. The number of hydrogen-bond acceptors (Lipinski definition) is 2. The summed E-state index contributed by atoms with van der Waals surface area (Å²) in [5.41, 5.74) is 0.395. The maximum Gasteiger partial charge on any atom is 0.307 e. The van der Waals surface area contributed by atoms with Gasteiger partial charge in [0.2, 0.25) is 5.95 Å². The van der Waals surface area contributed by atoms with Crippen molar-refractivity contribution in [3.63, 3.8) is 0 Å². The summed E-state index contributed by atoms with van der Waals surface area (Å²) in [5.74, 6) is -2.09. The minimum Gasteiger partial charge on any atom is -0.481 e. The number of carboxylic acid groups (broad SMARTS) is 1. The molecular formula is C9H7BrFNO2. The van der Waals surface area contributed by atoms with Crippen molar-refractivity contribution < 1.29 is 14.3 Å². The van der Waals surface area contributed by atoms with E-state index in [4.69, 9.17) is 5.11 Å². The minimum atomic E-state index is -0.866. The molecule has 0 saturated heterocycles. The van der Waals surface area contributed by atoms with E-state index < -0.39 is 17.8 Å². The topological polar surface area (TPSA) is 50.2 Å². The van der Waals surface area contributed by atoms with Gasteiger partial charge in [0.1, 0.15) is 0 Å². The number of hydrogen-bond donors (Lipinski definition) is 1. The summed E-state index contributed by atoms with van der Waals surface area (Å²) in [6.07, 6.45) is 1.86. The van der Waals surface area contributed by atoms with Gasteiger partial charge in [-0.15, -0.1) is 0 Å². The molecule has 2 atom stereocenters. The van der Waals surface area contributed by atoms with Crippen molar-refractivity contribution in [2.75, 3.05) is 0 Å². The SMILES string of the molecule is O=C(O)[C@@H]1C[C@H]1c1cc(Br)cnc1F. The van der Waals surface area contributed by atoms with Crippen molar-refractivity contribution in [2.24, 2.45) is 5.92 Å².